The van der Waals surface area contributed by atoms with Crippen LogP contribution in [0.5, 0.6) is 0 Å². The van der Waals surface area contributed by atoms with Gasteiger partial charge in [-0.15, -0.1) is 0 Å². The Morgan fingerprint density at radius 3 is 2.54 bits per heavy atom. The van der Waals surface area contributed by atoms with Gasteiger partial charge >= 0.3 is 0 Å². The van der Waals surface area contributed by atoms with Gasteiger partial charge in [-0.2, -0.15) is 0 Å². The highest BCUT2D eigenvalue weighted by Gasteiger charge is 2.15. The van der Waals surface area contributed by atoms with Crippen LogP contribution in [-0.2, 0) is 6.54 Å². The molecule has 0 saturated carbocycles. The van der Waals surface area contributed by atoms with Crippen molar-refractivity contribution in [2.24, 2.45) is 5.73 Å². The molecule has 0 aromatic heterocycles. The lowest BCUT2D eigenvalue weighted by Gasteiger charge is -2.22. The van der Waals surface area contributed by atoms with Crippen LogP contribution in [0.15, 0.2) is 30.3 Å². The van der Waals surface area contributed by atoms with Gasteiger partial charge in [0, 0.05) is 13.1 Å². The molecule has 13 heavy (non-hydrogen) atoms. The van der Waals surface area contributed by atoms with E-state index in [0.29, 0.717) is 6.54 Å². The first kappa shape index (κ1) is 10.2. The fourth-order valence-corrected chi connectivity index (χ4v) is 0.961. The number of aliphatic hydroxyl groups is 1. The second-order valence-corrected chi connectivity index (χ2v) is 3.32. The highest BCUT2D eigenvalue weighted by molar-refractivity contribution is 5.14. The molecule has 1 rings (SSSR count). The maximum atomic E-state index is 9.55. The van der Waals surface area contributed by atoms with Crippen molar-refractivity contribution in [2.45, 2.75) is 19.2 Å². The summed E-state index contributed by atoms with van der Waals surface area (Å²) >= 11 is 0. The summed E-state index contributed by atoms with van der Waals surface area (Å²) in [4.78, 5) is 0. The SMILES string of the molecule is CC(O)(CN)NCc1ccccc1. The highest BCUT2D eigenvalue weighted by Crippen LogP contribution is 2.01. The van der Waals surface area contributed by atoms with Gasteiger partial charge in [0.25, 0.3) is 0 Å². The molecule has 1 aromatic carbocycles. The topological polar surface area (TPSA) is 58.3 Å². The molecule has 0 fully saturated rings. The van der Waals surface area contributed by atoms with E-state index in [2.05, 4.69) is 5.32 Å². The molecule has 72 valence electrons. The van der Waals surface area contributed by atoms with Gasteiger partial charge in [0.05, 0.1) is 0 Å². The van der Waals surface area contributed by atoms with Crippen molar-refractivity contribution in [3.63, 3.8) is 0 Å². The molecule has 1 unspecified atom stereocenters. The van der Waals surface area contributed by atoms with Crippen LogP contribution in [0, 0.1) is 0 Å². The summed E-state index contributed by atoms with van der Waals surface area (Å²) in [7, 11) is 0. The molecule has 0 heterocycles. The second-order valence-electron chi connectivity index (χ2n) is 3.32. The van der Waals surface area contributed by atoms with E-state index >= 15 is 0 Å². The zero-order valence-electron chi connectivity index (χ0n) is 7.83. The van der Waals surface area contributed by atoms with Crippen LogP contribution in [0.4, 0.5) is 0 Å². The van der Waals surface area contributed by atoms with E-state index in [-0.39, 0.29) is 6.54 Å². The van der Waals surface area contributed by atoms with Gasteiger partial charge in [0.2, 0.25) is 0 Å². The van der Waals surface area contributed by atoms with Crippen LogP contribution < -0.4 is 11.1 Å². The Labute approximate surface area is 78.6 Å². The minimum atomic E-state index is -0.976. The molecule has 1 atom stereocenters. The fourth-order valence-electron chi connectivity index (χ4n) is 0.961. The molecular formula is C10H16N2O. The van der Waals surface area contributed by atoms with E-state index in [1.807, 2.05) is 30.3 Å². The molecule has 3 nitrogen and oxygen atoms in total. The minimum absolute atomic E-state index is 0.208. The molecule has 0 bridgehead atoms. The Kier molecular flexibility index (Phi) is 3.42. The third-order valence-corrected chi connectivity index (χ3v) is 1.91. The Hall–Kier alpha value is -0.900. The van der Waals surface area contributed by atoms with Gasteiger partial charge in [0.1, 0.15) is 5.72 Å². The number of hydrogen-bond acceptors (Lipinski definition) is 3. The number of nitrogens with two attached hydrogens (primary N) is 1. The van der Waals surface area contributed by atoms with E-state index in [0.717, 1.165) is 5.56 Å². The van der Waals surface area contributed by atoms with E-state index in [1.54, 1.807) is 6.92 Å². The van der Waals surface area contributed by atoms with Crippen LogP contribution in [0.2, 0.25) is 0 Å². The van der Waals surface area contributed by atoms with Crippen LogP contribution >= 0.6 is 0 Å². The average molecular weight is 180 g/mol. The lowest BCUT2D eigenvalue weighted by atomic mass is 10.2. The number of rotatable bonds is 4. The average Bonchev–Trinajstić information content (AvgIpc) is 2.17. The Bertz CT molecular complexity index is 246. The first-order valence-corrected chi connectivity index (χ1v) is 4.35. The Morgan fingerprint density at radius 2 is 2.00 bits per heavy atom. The molecule has 0 aliphatic heterocycles. The molecule has 0 aliphatic rings. The van der Waals surface area contributed by atoms with Gasteiger partial charge < -0.3 is 10.8 Å². The molecular weight excluding hydrogens is 164 g/mol. The maximum absolute atomic E-state index is 9.55. The van der Waals surface area contributed by atoms with Crippen LogP contribution in [0.3, 0.4) is 0 Å². The summed E-state index contributed by atoms with van der Waals surface area (Å²) < 4.78 is 0. The predicted octanol–water partition coefficient (Wildman–Crippen LogP) is 0.443. The number of benzene rings is 1. The summed E-state index contributed by atoms with van der Waals surface area (Å²) in [5, 5.41) is 12.5. The molecule has 0 amide bonds. The van der Waals surface area contributed by atoms with E-state index in [9.17, 15) is 5.11 Å². The van der Waals surface area contributed by atoms with Gasteiger partial charge in [-0.3, -0.25) is 5.32 Å². The van der Waals surface area contributed by atoms with Gasteiger partial charge in [-0.05, 0) is 12.5 Å². The van der Waals surface area contributed by atoms with Crippen molar-refractivity contribution in [3.8, 4) is 0 Å². The summed E-state index contributed by atoms with van der Waals surface area (Å²) in [6, 6.07) is 9.89. The smallest absolute Gasteiger partial charge is 0.125 e. The normalized spacial score (nSPS) is 15.3. The van der Waals surface area contributed by atoms with Crippen molar-refractivity contribution in [1.82, 2.24) is 5.32 Å². The molecule has 3 heteroatoms. The quantitative estimate of drug-likeness (QED) is 0.589. The minimum Gasteiger partial charge on any atom is -0.375 e. The lowest BCUT2D eigenvalue weighted by Crippen LogP contribution is -2.47. The Balaban J connectivity index is 2.44. The standard InChI is InChI=1S/C10H16N2O/c1-10(13,8-11)12-7-9-5-3-2-4-6-9/h2-6,12-13H,7-8,11H2,1H3. The van der Waals surface area contributed by atoms with Crippen LogP contribution in [-0.4, -0.2) is 17.4 Å². The predicted molar refractivity (Wildman–Crippen MR) is 53.0 cm³/mol. The van der Waals surface area contributed by atoms with Crippen LogP contribution in [0.1, 0.15) is 12.5 Å². The van der Waals surface area contributed by atoms with E-state index in [4.69, 9.17) is 5.73 Å². The first-order chi connectivity index (χ1) is 6.14. The molecule has 1 aromatic rings. The van der Waals surface area contributed by atoms with Gasteiger partial charge in [-0.25, -0.2) is 0 Å². The largest absolute Gasteiger partial charge is 0.375 e. The summed E-state index contributed by atoms with van der Waals surface area (Å²) in [6.45, 7) is 2.50. The third-order valence-electron chi connectivity index (χ3n) is 1.91. The zero-order chi connectivity index (χ0) is 9.73. The molecule has 0 aliphatic carbocycles. The highest BCUT2D eigenvalue weighted by atomic mass is 16.3. The van der Waals surface area contributed by atoms with Crippen LogP contribution in [0.25, 0.3) is 0 Å². The summed E-state index contributed by atoms with van der Waals surface area (Å²) in [6.07, 6.45) is 0. The van der Waals surface area contributed by atoms with Crippen molar-refractivity contribution >= 4 is 0 Å². The zero-order valence-corrected chi connectivity index (χ0v) is 7.83. The molecule has 0 radical (unpaired) electrons. The monoisotopic (exact) mass is 180 g/mol. The second kappa shape index (κ2) is 4.37. The van der Waals surface area contributed by atoms with Crippen molar-refractivity contribution in [3.05, 3.63) is 35.9 Å². The van der Waals surface area contributed by atoms with Crippen molar-refractivity contribution in [1.29, 1.82) is 0 Å². The number of hydrogen-bond donors (Lipinski definition) is 3. The number of nitrogens with one attached hydrogen (secondary N) is 1. The van der Waals surface area contributed by atoms with E-state index < -0.39 is 5.72 Å². The molecule has 4 N–H and O–H groups in total. The van der Waals surface area contributed by atoms with Crippen molar-refractivity contribution < 1.29 is 5.11 Å². The summed E-state index contributed by atoms with van der Waals surface area (Å²) in [5.74, 6) is 0. The fraction of sp³-hybridized carbons (Fsp3) is 0.400. The molecule has 0 saturated heterocycles. The van der Waals surface area contributed by atoms with Gasteiger partial charge in [0.15, 0.2) is 0 Å². The Morgan fingerprint density at radius 1 is 1.38 bits per heavy atom. The van der Waals surface area contributed by atoms with Crippen molar-refractivity contribution in [2.75, 3.05) is 6.54 Å². The maximum Gasteiger partial charge on any atom is 0.125 e. The van der Waals surface area contributed by atoms with Gasteiger partial charge in [-0.1, -0.05) is 30.3 Å². The summed E-state index contributed by atoms with van der Waals surface area (Å²) in [5.41, 5.74) is 5.52. The first-order valence-electron chi connectivity index (χ1n) is 4.35. The third kappa shape index (κ3) is 3.55. The molecule has 0 spiro atoms. The van der Waals surface area contributed by atoms with E-state index in [1.165, 1.54) is 0 Å². The lowest BCUT2D eigenvalue weighted by molar-refractivity contribution is 0.0311.